The minimum absolute atomic E-state index is 0.149. The lowest BCUT2D eigenvalue weighted by Gasteiger charge is -2.27. The highest BCUT2D eigenvalue weighted by atomic mass is 19.1. The largest absolute Gasteiger partial charge is 0.497 e. The Morgan fingerprint density at radius 2 is 1.97 bits per heavy atom. The SMILES string of the molecule is COc1cccc(CN(C[C@@H](O)COCC(C)C)C[C@@H]2CC(c3ccc(F)cc3)=NO2)c1. The standard InChI is InChI=1S/C25H33FN2O4/c1-18(2)16-31-17-22(29)14-28(13-19-5-4-6-23(11-19)30-3)15-24-12-25(27-32-24)20-7-9-21(26)10-8-20/h4-11,18,22,24,29H,12-17H2,1-3H3/t22-,24+/m1/s1. The molecule has 32 heavy (non-hydrogen) atoms. The summed E-state index contributed by atoms with van der Waals surface area (Å²) in [5.41, 5.74) is 2.74. The topological polar surface area (TPSA) is 63.5 Å². The molecule has 7 heteroatoms. The third-order valence-electron chi connectivity index (χ3n) is 5.14. The zero-order chi connectivity index (χ0) is 22.9. The van der Waals surface area contributed by atoms with Crippen molar-refractivity contribution >= 4 is 5.71 Å². The summed E-state index contributed by atoms with van der Waals surface area (Å²) in [6.07, 6.45) is -0.136. The van der Waals surface area contributed by atoms with Crippen molar-refractivity contribution < 1.29 is 23.8 Å². The first kappa shape index (κ1) is 24.2. The number of nitrogens with zero attached hydrogens (tertiary/aromatic N) is 2. The van der Waals surface area contributed by atoms with Gasteiger partial charge in [-0.05, 0) is 41.3 Å². The van der Waals surface area contributed by atoms with E-state index in [0.717, 1.165) is 22.6 Å². The number of rotatable bonds is 12. The lowest BCUT2D eigenvalue weighted by atomic mass is 10.0. The van der Waals surface area contributed by atoms with Gasteiger partial charge >= 0.3 is 0 Å². The monoisotopic (exact) mass is 444 g/mol. The molecule has 1 aliphatic heterocycles. The summed E-state index contributed by atoms with van der Waals surface area (Å²) in [7, 11) is 1.65. The van der Waals surface area contributed by atoms with Crippen LogP contribution < -0.4 is 4.74 Å². The molecule has 6 nitrogen and oxygen atoms in total. The highest BCUT2D eigenvalue weighted by Crippen LogP contribution is 2.20. The molecule has 2 atom stereocenters. The summed E-state index contributed by atoms with van der Waals surface area (Å²) >= 11 is 0. The van der Waals surface area contributed by atoms with Crippen molar-refractivity contribution in [1.82, 2.24) is 4.90 Å². The average molecular weight is 445 g/mol. The minimum atomic E-state index is -0.613. The van der Waals surface area contributed by atoms with Crippen LogP contribution in [0.4, 0.5) is 4.39 Å². The van der Waals surface area contributed by atoms with Gasteiger partial charge in [0.1, 0.15) is 17.7 Å². The molecule has 0 amide bonds. The summed E-state index contributed by atoms with van der Waals surface area (Å²) in [5.74, 6) is 0.939. The first-order valence-corrected chi connectivity index (χ1v) is 11.0. The van der Waals surface area contributed by atoms with Gasteiger partial charge in [-0.1, -0.05) is 43.3 Å². The van der Waals surface area contributed by atoms with Gasteiger partial charge in [0, 0.05) is 32.7 Å². The van der Waals surface area contributed by atoms with Gasteiger partial charge in [0.2, 0.25) is 0 Å². The second kappa shape index (κ2) is 11.9. The molecule has 1 aliphatic rings. The Kier molecular flexibility index (Phi) is 9.02. The number of aliphatic hydroxyl groups is 1. The second-order valence-corrected chi connectivity index (χ2v) is 8.61. The summed E-state index contributed by atoms with van der Waals surface area (Å²) in [6.45, 7) is 6.73. The van der Waals surface area contributed by atoms with E-state index in [9.17, 15) is 9.50 Å². The molecule has 0 spiro atoms. The van der Waals surface area contributed by atoms with Crippen LogP contribution in [0.2, 0.25) is 0 Å². The number of halogens is 1. The van der Waals surface area contributed by atoms with Gasteiger partial charge < -0.3 is 19.4 Å². The lowest BCUT2D eigenvalue weighted by Crippen LogP contribution is -2.39. The predicted octanol–water partition coefficient (Wildman–Crippen LogP) is 3.86. The highest BCUT2D eigenvalue weighted by molar-refractivity contribution is 6.01. The maximum atomic E-state index is 13.2. The molecule has 0 aromatic heterocycles. The zero-order valence-electron chi connectivity index (χ0n) is 19.0. The van der Waals surface area contributed by atoms with E-state index in [1.807, 2.05) is 24.3 Å². The van der Waals surface area contributed by atoms with Gasteiger partial charge in [-0.3, -0.25) is 4.90 Å². The molecule has 2 aromatic rings. The van der Waals surface area contributed by atoms with Crippen molar-refractivity contribution in [3.8, 4) is 5.75 Å². The van der Waals surface area contributed by atoms with Crippen LogP contribution in [0, 0.1) is 11.7 Å². The molecule has 0 saturated carbocycles. The maximum absolute atomic E-state index is 13.2. The van der Waals surface area contributed by atoms with E-state index >= 15 is 0 Å². The summed E-state index contributed by atoms with van der Waals surface area (Å²) < 4.78 is 24.2. The van der Waals surface area contributed by atoms with Crippen LogP contribution in [0.3, 0.4) is 0 Å². The molecule has 0 radical (unpaired) electrons. The maximum Gasteiger partial charge on any atom is 0.145 e. The molecule has 3 rings (SSSR count). The van der Waals surface area contributed by atoms with E-state index in [0.29, 0.717) is 38.6 Å². The number of benzene rings is 2. The molecule has 2 aromatic carbocycles. The molecular formula is C25H33FN2O4. The lowest BCUT2D eigenvalue weighted by molar-refractivity contribution is -0.00735. The third-order valence-corrected chi connectivity index (χ3v) is 5.14. The second-order valence-electron chi connectivity index (χ2n) is 8.61. The van der Waals surface area contributed by atoms with E-state index in [1.165, 1.54) is 12.1 Å². The molecule has 0 aliphatic carbocycles. The molecule has 0 bridgehead atoms. The first-order chi connectivity index (χ1) is 15.4. The number of aliphatic hydroxyl groups excluding tert-OH is 1. The number of methoxy groups -OCH3 is 1. The van der Waals surface area contributed by atoms with Crippen molar-refractivity contribution in [1.29, 1.82) is 0 Å². The number of oxime groups is 1. The van der Waals surface area contributed by atoms with Gasteiger partial charge in [-0.2, -0.15) is 0 Å². The van der Waals surface area contributed by atoms with Gasteiger partial charge in [0.25, 0.3) is 0 Å². The van der Waals surface area contributed by atoms with E-state index in [1.54, 1.807) is 19.2 Å². The summed E-state index contributed by atoms with van der Waals surface area (Å²) in [5, 5.41) is 14.8. The fourth-order valence-corrected chi connectivity index (χ4v) is 3.65. The summed E-state index contributed by atoms with van der Waals surface area (Å²) in [6, 6.07) is 14.2. The van der Waals surface area contributed by atoms with Crippen molar-refractivity contribution in [3.05, 3.63) is 65.5 Å². The summed E-state index contributed by atoms with van der Waals surface area (Å²) in [4.78, 5) is 7.82. The van der Waals surface area contributed by atoms with Crippen molar-refractivity contribution in [2.24, 2.45) is 11.1 Å². The predicted molar refractivity (Wildman–Crippen MR) is 122 cm³/mol. The molecule has 0 unspecified atom stereocenters. The van der Waals surface area contributed by atoms with Crippen LogP contribution >= 0.6 is 0 Å². The number of hydrogen-bond donors (Lipinski definition) is 1. The Hall–Kier alpha value is -2.48. The quantitative estimate of drug-likeness (QED) is 0.539. The molecular weight excluding hydrogens is 411 g/mol. The molecule has 1 N–H and O–H groups in total. The van der Waals surface area contributed by atoms with Crippen LogP contribution in [-0.2, 0) is 16.1 Å². The smallest absolute Gasteiger partial charge is 0.145 e. The Labute approximate surface area is 189 Å². The van der Waals surface area contributed by atoms with Crippen molar-refractivity contribution in [2.45, 2.75) is 39.0 Å². The van der Waals surface area contributed by atoms with Crippen LogP contribution in [0.5, 0.6) is 5.75 Å². The van der Waals surface area contributed by atoms with E-state index in [-0.39, 0.29) is 18.5 Å². The van der Waals surface area contributed by atoms with Crippen LogP contribution in [0.15, 0.2) is 53.7 Å². The highest BCUT2D eigenvalue weighted by Gasteiger charge is 2.26. The number of ether oxygens (including phenoxy) is 2. The fourth-order valence-electron chi connectivity index (χ4n) is 3.65. The number of hydrogen-bond acceptors (Lipinski definition) is 6. The van der Waals surface area contributed by atoms with Crippen LogP contribution in [-0.4, -0.2) is 61.3 Å². The molecule has 0 fully saturated rings. The Morgan fingerprint density at radius 1 is 1.19 bits per heavy atom. The van der Waals surface area contributed by atoms with E-state index < -0.39 is 6.10 Å². The third kappa shape index (κ3) is 7.58. The Balaban J connectivity index is 1.61. The normalized spacial score (nSPS) is 16.8. The van der Waals surface area contributed by atoms with Gasteiger partial charge in [-0.15, -0.1) is 0 Å². The van der Waals surface area contributed by atoms with Crippen LogP contribution in [0.25, 0.3) is 0 Å². The molecule has 174 valence electrons. The van der Waals surface area contributed by atoms with Crippen LogP contribution in [0.1, 0.15) is 31.4 Å². The van der Waals surface area contributed by atoms with Gasteiger partial charge in [-0.25, -0.2) is 4.39 Å². The minimum Gasteiger partial charge on any atom is -0.497 e. The Bertz CT molecular complexity index is 873. The fraction of sp³-hybridized carbons (Fsp3) is 0.480. The molecule has 1 heterocycles. The van der Waals surface area contributed by atoms with E-state index in [4.69, 9.17) is 14.3 Å². The van der Waals surface area contributed by atoms with Crippen molar-refractivity contribution in [2.75, 3.05) is 33.4 Å². The molecule has 0 saturated heterocycles. The van der Waals surface area contributed by atoms with Gasteiger partial charge in [0.15, 0.2) is 0 Å². The Morgan fingerprint density at radius 3 is 2.69 bits per heavy atom. The zero-order valence-corrected chi connectivity index (χ0v) is 19.0. The van der Waals surface area contributed by atoms with Crippen molar-refractivity contribution in [3.63, 3.8) is 0 Å². The first-order valence-electron chi connectivity index (χ1n) is 11.0. The van der Waals surface area contributed by atoms with E-state index in [2.05, 4.69) is 23.9 Å². The average Bonchev–Trinajstić information content (AvgIpc) is 3.22. The van der Waals surface area contributed by atoms with Gasteiger partial charge in [0.05, 0.1) is 25.5 Å².